The number of nitrogens with zero attached hydrogens (tertiary/aromatic N) is 3. The van der Waals surface area contributed by atoms with Gasteiger partial charge in [0.2, 0.25) is 5.95 Å². The Balaban J connectivity index is 2.12. The fourth-order valence-electron chi connectivity index (χ4n) is 1.52. The van der Waals surface area contributed by atoms with E-state index in [1.807, 2.05) is 12.4 Å². The molecule has 3 nitrogen and oxygen atoms in total. The maximum atomic E-state index is 4.35. The molecule has 0 spiro atoms. The van der Waals surface area contributed by atoms with Crippen molar-refractivity contribution < 1.29 is 0 Å². The van der Waals surface area contributed by atoms with Gasteiger partial charge in [0.05, 0.1) is 0 Å². The summed E-state index contributed by atoms with van der Waals surface area (Å²) < 4.78 is 0. The predicted octanol–water partition coefficient (Wildman–Crippen LogP) is 1.81. The number of hydrogen-bond acceptors (Lipinski definition) is 3. The molecule has 0 bridgehead atoms. The Morgan fingerprint density at radius 3 is 2.64 bits per heavy atom. The van der Waals surface area contributed by atoms with Gasteiger partial charge in [0.15, 0.2) is 0 Å². The molecular weight excluding hydrogens is 174 g/mol. The topological polar surface area (TPSA) is 29.0 Å². The molecule has 0 unspecified atom stereocenters. The lowest BCUT2D eigenvalue weighted by Gasteiger charge is -2.22. The standard InChI is InChI=1S/C11H15N3/c1-2-10-8-12-11(13-9-10)14-6-4-3-5-7-14/h3-4,8-9H,2,5-7H2,1H3. The Bertz CT molecular complexity index is 316. The molecule has 0 saturated heterocycles. The van der Waals surface area contributed by atoms with Crippen molar-refractivity contribution in [1.82, 2.24) is 9.97 Å². The highest BCUT2D eigenvalue weighted by Crippen LogP contribution is 2.10. The fourth-order valence-corrected chi connectivity index (χ4v) is 1.52. The molecule has 2 rings (SSSR count). The zero-order chi connectivity index (χ0) is 9.80. The minimum atomic E-state index is 0.853. The molecule has 0 saturated carbocycles. The number of hydrogen-bond donors (Lipinski definition) is 0. The monoisotopic (exact) mass is 189 g/mol. The van der Waals surface area contributed by atoms with E-state index in [1.165, 1.54) is 5.56 Å². The highest BCUT2D eigenvalue weighted by atomic mass is 15.2. The molecule has 1 aliphatic heterocycles. The van der Waals surface area contributed by atoms with Crippen molar-refractivity contribution in [2.45, 2.75) is 19.8 Å². The molecule has 2 heterocycles. The maximum absolute atomic E-state index is 4.35. The molecule has 1 aromatic heterocycles. The number of aryl methyl sites for hydroxylation is 1. The van der Waals surface area contributed by atoms with Crippen molar-refractivity contribution in [2.75, 3.05) is 18.0 Å². The van der Waals surface area contributed by atoms with E-state index < -0.39 is 0 Å². The van der Waals surface area contributed by atoms with Crippen LogP contribution >= 0.6 is 0 Å². The van der Waals surface area contributed by atoms with Gasteiger partial charge in [-0.1, -0.05) is 19.1 Å². The second-order valence-electron chi connectivity index (χ2n) is 3.45. The third-order valence-corrected chi connectivity index (χ3v) is 2.44. The first kappa shape index (κ1) is 9.19. The lowest BCUT2D eigenvalue weighted by Crippen LogP contribution is -2.28. The van der Waals surface area contributed by atoms with Gasteiger partial charge in [-0.3, -0.25) is 0 Å². The molecule has 0 fully saturated rings. The summed E-state index contributed by atoms with van der Waals surface area (Å²) in [7, 11) is 0. The van der Waals surface area contributed by atoms with Crippen LogP contribution in [0.2, 0.25) is 0 Å². The quantitative estimate of drug-likeness (QED) is 0.664. The summed E-state index contributed by atoms with van der Waals surface area (Å²) in [5, 5.41) is 0. The van der Waals surface area contributed by atoms with Crippen LogP contribution in [0.25, 0.3) is 0 Å². The smallest absolute Gasteiger partial charge is 0.225 e. The van der Waals surface area contributed by atoms with Crippen molar-refractivity contribution in [3.05, 3.63) is 30.1 Å². The Hall–Kier alpha value is -1.38. The highest BCUT2D eigenvalue weighted by Gasteiger charge is 2.09. The van der Waals surface area contributed by atoms with Gasteiger partial charge in [0, 0.05) is 25.5 Å². The predicted molar refractivity (Wildman–Crippen MR) is 57.4 cm³/mol. The number of aromatic nitrogens is 2. The average molecular weight is 189 g/mol. The summed E-state index contributed by atoms with van der Waals surface area (Å²) in [6.07, 6.45) is 10.3. The largest absolute Gasteiger partial charge is 0.337 e. The van der Waals surface area contributed by atoms with Crippen LogP contribution in [0.3, 0.4) is 0 Å². The van der Waals surface area contributed by atoms with Crippen LogP contribution in [-0.4, -0.2) is 23.1 Å². The summed E-state index contributed by atoms with van der Waals surface area (Å²) >= 11 is 0. The van der Waals surface area contributed by atoms with E-state index in [1.54, 1.807) is 0 Å². The third-order valence-electron chi connectivity index (χ3n) is 2.44. The first-order chi connectivity index (χ1) is 6.90. The molecular formula is C11H15N3. The summed E-state index contributed by atoms with van der Waals surface area (Å²) in [4.78, 5) is 10.9. The second-order valence-corrected chi connectivity index (χ2v) is 3.45. The van der Waals surface area contributed by atoms with E-state index >= 15 is 0 Å². The van der Waals surface area contributed by atoms with E-state index in [0.29, 0.717) is 0 Å². The van der Waals surface area contributed by atoms with Crippen molar-refractivity contribution in [3.63, 3.8) is 0 Å². The van der Waals surface area contributed by atoms with E-state index in [0.717, 1.165) is 31.9 Å². The average Bonchev–Trinajstić information content (AvgIpc) is 2.30. The van der Waals surface area contributed by atoms with Crippen molar-refractivity contribution >= 4 is 5.95 Å². The molecule has 0 amide bonds. The Labute approximate surface area is 84.5 Å². The zero-order valence-corrected chi connectivity index (χ0v) is 8.48. The fraction of sp³-hybridized carbons (Fsp3) is 0.455. The molecule has 0 aromatic carbocycles. The van der Waals surface area contributed by atoms with Gasteiger partial charge >= 0.3 is 0 Å². The van der Waals surface area contributed by atoms with Crippen LogP contribution in [0.5, 0.6) is 0 Å². The van der Waals surface area contributed by atoms with Gasteiger partial charge < -0.3 is 4.90 Å². The third kappa shape index (κ3) is 1.92. The van der Waals surface area contributed by atoms with Crippen LogP contribution in [0.15, 0.2) is 24.5 Å². The Kier molecular flexibility index (Phi) is 2.77. The summed E-state index contributed by atoms with van der Waals surface area (Å²) in [5.41, 5.74) is 1.20. The minimum Gasteiger partial charge on any atom is -0.337 e. The van der Waals surface area contributed by atoms with Crippen LogP contribution in [0, 0.1) is 0 Å². The molecule has 0 N–H and O–H groups in total. The lowest BCUT2D eigenvalue weighted by atomic mass is 10.2. The lowest BCUT2D eigenvalue weighted by molar-refractivity contribution is 0.783. The molecule has 0 radical (unpaired) electrons. The molecule has 1 aromatic rings. The van der Waals surface area contributed by atoms with Crippen LogP contribution in [-0.2, 0) is 6.42 Å². The van der Waals surface area contributed by atoms with E-state index in [9.17, 15) is 0 Å². The molecule has 14 heavy (non-hydrogen) atoms. The summed E-state index contributed by atoms with van der Waals surface area (Å²) in [5.74, 6) is 0.853. The first-order valence-electron chi connectivity index (χ1n) is 5.11. The SMILES string of the molecule is CCc1cnc(N2CC=CCC2)nc1. The van der Waals surface area contributed by atoms with Crippen LogP contribution in [0.4, 0.5) is 5.95 Å². The van der Waals surface area contributed by atoms with Crippen molar-refractivity contribution in [2.24, 2.45) is 0 Å². The number of rotatable bonds is 2. The molecule has 0 aliphatic carbocycles. The highest BCUT2D eigenvalue weighted by molar-refractivity contribution is 5.32. The minimum absolute atomic E-state index is 0.853. The second kappa shape index (κ2) is 4.22. The first-order valence-corrected chi connectivity index (χ1v) is 5.11. The van der Waals surface area contributed by atoms with Crippen molar-refractivity contribution in [3.8, 4) is 0 Å². The van der Waals surface area contributed by atoms with Gasteiger partial charge in [-0.2, -0.15) is 0 Å². The van der Waals surface area contributed by atoms with Gasteiger partial charge in [-0.15, -0.1) is 0 Å². The Morgan fingerprint density at radius 2 is 2.07 bits per heavy atom. The zero-order valence-electron chi connectivity index (χ0n) is 8.48. The van der Waals surface area contributed by atoms with Gasteiger partial charge in [0.25, 0.3) is 0 Å². The van der Waals surface area contributed by atoms with Crippen molar-refractivity contribution in [1.29, 1.82) is 0 Å². The normalized spacial score (nSPS) is 15.9. The number of anilines is 1. The summed E-state index contributed by atoms with van der Waals surface area (Å²) in [6.45, 7) is 4.08. The Morgan fingerprint density at radius 1 is 1.29 bits per heavy atom. The van der Waals surface area contributed by atoms with Gasteiger partial charge in [0.1, 0.15) is 0 Å². The van der Waals surface area contributed by atoms with E-state index in [-0.39, 0.29) is 0 Å². The molecule has 1 aliphatic rings. The van der Waals surface area contributed by atoms with E-state index in [2.05, 4.69) is 33.9 Å². The summed E-state index contributed by atoms with van der Waals surface area (Å²) in [6, 6.07) is 0. The molecule has 74 valence electrons. The molecule has 0 atom stereocenters. The van der Waals surface area contributed by atoms with Crippen LogP contribution in [0.1, 0.15) is 18.9 Å². The van der Waals surface area contributed by atoms with Gasteiger partial charge in [-0.25, -0.2) is 9.97 Å². The van der Waals surface area contributed by atoms with E-state index in [4.69, 9.17) is 0 Å². The molecule has 3 heteroatoms. The maximum Gasteiger partial charge on any atom is 0.225 e. The van der Waals surface area contributed by atoms with Gasteiger partial charge in [-0.05, 0) is 18.4 Å². The van der Waals surface area contributed by atoms with Crippen LogP contribution < -0.4 is 4.90 Å².